The Morgan fingerprint density at radius 2 is 2.00 bits per heavy atom. The molecular formula is C18H21ClFN5O. The topological polar surface area (TPSA) is 70.2 Å². The molecule has 2 aromatic rings. The van der Waals surface area contributed by atoms with Gasteiger partial charge in [0.15, 0.2) is 0 Å². The molecule has 0 radical (unpaired) electrons. The molecule has 2 N–H and O–H groups in total. The number of nitrogens with one attached hydrogen (secondary N) is 2. The number of amides is 2. The third-order valence-electron chi connectivity index (χ3n) is 4.14. The van der Waals surface area contributed by atoms with E-state index in [9.17, 15) is 9.18 Å². The molecule has 8 heteroatoms. The number of carbonyl (C=O) groups is 1. The van der Waals surface area contributed by atoms with Crippen molar-refractivity contribution in [2.75, 3.05) is 23.3 Å². The van der Waals surface area contributed by atoms with Crippen molar-refractivity contribution in [2.24, 2.45) is 0 Å². The molecule has 0 aliphatic carbocycles. The van der Waals surface area contributed by atoms with Gasteiger partial charge in [-0.25, -0.2) is 19.2 Å². The zero-order chi connectivity index (χ0) is 18.5. The third kappa shape index (κ3) is 4.82. The second kappa shape index (κ2) is 8.31. The lowest BCUT2D eigenvalue weighted by atomic mass is 10.1. The van der Waals surface area contributed by atoms with Gasteiger partial charge in [0.25, 0.3) is 0 Å². The molecule has 0 unspecified atom stereocenters. The summed E-state index contributed by atoms with van der Waals surface area (Å²) >= 11 is 5.71. The summed E-state index contributed by atoms with van der Waals surface area (Å²) in [4.78, 5) is 23.3. The van der Waals surface area contributed by atoms with Gasteiger partial charge in [0, 0.05) is 24.5 Å². The standard InChI is InChI=1S/C18H21ClFN5O/c1-12-9-14(23-17(22-12)25-7-3-2-4-8-25)11-21-18(26)24-13-5-6-16(20)15(19)10-13/h5-6,9-10H,2-4,7-8,11H2,1H3,(H2,21,24,26). The van der Waals surface area contributed by atoms with E-state index in [0.29, 0.717) is 11.6 Å². The Hall–Kier alpha value is -2.41. The van der Waals surface area contributed by atoms with Crippen LogP contribution in [-0.4, -0.2) is 29.1 Å². The van der Waals surface area contributed by atoms with Gasteiger partial charge in [-0.2, -0.15) is 0 Å². The zero-order valence-corrected chi connectivity index (χ0v) is 15.3. The normalized spacial score (nSPS) is 14.2. The molecule has 26 heavy (non-hydrogen) atoms. The van der Waals surface area contributed by atoms with Crippen LogP contribution in [0.1, 0.15) is 30.7 Å². The van der Waals surface area contributed by atoms with Gasteiger partial charge in [0.1, 0.15) is 5.82 Å². The molecule has 0 bridgehead atoms. The molecule has 0 saturated carbocycles. The van der Waals surface area contributed by atoms with Crippen molar-refractivity contribution >= 4 is 29.3 Å². The van der Waals surface area contributed by atoms with Crippen LogP contribution in [-0.2, 0) is 6.54 Å². The lowest BCUT2D eigenvalue weighted by Crippen LogP contribution is -2.32. The maximum atomic E-state index is 13.2. The molecule has 1 aromatic heterocycles. The lowest BCUT2D eigenvalue weighted by Gasteiger charge is -2.27. The lowest BCUT2D eigenvalue weighted by molar-refractivity contribution is 0.251. The van der Waals surface area contributed by atoms with Crippen LogP contribution in [0.4, 0.5) is 20.8 Å². The van der Waals surface area contributed by atoms with E-state index in [1.54, 1.807) is 0 Å². The molecule has 1 aliphatic rings. The number of anilines is 2. The highest BCUT2D eigenvalue weighted by atomic mass is 35.5. The van der Waals surface area contributed by atoms with Crippen molar-refractivity contribution in [3.63, 3.8) is 0 Å². The van der Waals surface area contributed by atoms with E-state index in [4.69, 9.17) is 11.6 Å². The van der Waals surface area contributed by atoms with E-state index < -0.39 is 11.8 Å². The minimum atomic E-state index is -0.528. The van der Waals surface area contributed by atoms with E-state index >= 15 is 0 Å². The number of halogens is 2. The molecule has 3 rings (SSSR count). The monoisotopic (exact) mass is 377 g/mol. The summed E-state index contributed by atoms with van der Waals surface area (Å²) in [5, 5.41) is 5.32. The summed E-state index contributed by atoms with van der Waals surface area (Å²) in [5.41, 5.74) is 2.02. The Balaban J connectivity index is 1.60. The van der Waals surface area contributed by atoms with Crippen molar-refractivity contribution in [2.45, 2.75) is 32.7 Å². The Morgan fingerprint density at radius 3 is 2.73 bits per heavy atom. The fraction of sp³-hybridized carbons (Fsp3) is 0.389. The van der Waals surface area contributed by atoms with Crippen LogP contribution < -0.4 is 15.5 Å². The summed E-state index contributed by atoms with van der Waals surface area (Å²) in [7, 11) is 0. The average molecular weight is 378 g/mol. The third-order valence-corrected chi connectivity index (χ3v) is 4.43. The number of rotatable bonds is 4. The number of aromatic nitrogens is 2. The van der Waals surface area contributed by atoms with Gasteiger partial charge < -0.3 is 15.5 Å². The minimum Gasteiger partial charge on any atom is -0.341 e. The van der Waals surface area contributed by atoms with Crippen LogP contribution in [0.5, 0.6) is 0 Å². The van der Waals surface area contributed by atoms with Gasteiger partial charge in [-0.1, -0.05) is 11.6 Å². The first-order chi connectivity index (χ1) is 12.5. The highest BCUT2D eigenvalue weighted by molar-refractivity contribution is 6.31. The van der Waals surface area contributed by atoms with Gasteiger partial charge >= 0.3 is 6.03 Å². The van der Waals surface area contributed by atoms with E-state index in [-0.39, 0.29) is 11.6 Å². The van der Waals surface area contributed by atoms with E-state index in [1.807, 2.05) is 13.0 Å². The van der Waals surface area contributed by atoms with Crippen LogP contribution in [0.25, 0.3) is 0 Å². The number of benzene rings is 1. The van der Waals surface area contributed by atoms with Crippen LogP contribution in [0.3, 0.4) is 0 Å². The Kier molecular flexibility index (Phi) is 5.88. The largest absolute Gasteiger partial charge is 0.341 e. The SMILES string of the molecule is Cc1cc(CNC(=O)Nc2ccc(F)c(Cl)c2)nc(N2CCCCC2)n1. The summed E-state index contributed by atoms with van der Waals surface area (Å²) in [6.07, 6.45) is 3.53. The maximum absolute atomic E-state index is 13.2. The molecule has 1 aromatic carbocycles. The molecule has 2 amide bonds. The number of carbonyl (C=O) groups excluding carboxylic acids is 1. The molecule has 0 atom stereocenters. The Labute approximate surface area is 156 Å². The summed E-state index contributed by atoms with van der Waals surface area (Å²) < 4.78 is 13.2. The van der Waals surface area contributed by atoms with Crippen molar-refractivity contribution in [3.8, 4) is 0 Å². The minimum absolute atomic E-state index is 0.0413. The van der Waals surface area contributed by atoms with Crippen LogP contribution in [0, 0.1) is 12.7 Å². The Bertz CT molecular complexity index is 795. The van der Waals surface area contributed by atoms with E-state index in [0.717, 1.165) is 37.3 Å². The highest BCUT2D eigenvalue weighted by Crippen LogP contribution is 2.19. The number of hydrogen-bond acceptors (Lipinski definition) is 4. The van der Waals surface area contributed by atoms with Crippen LogP contribution in [0.15, 0.2) is 24.3 Å². The quantitative estimate of drug-likeness (QED) is 0.848. The summed E-state index contributed by atoms with van der Waals surface area (Å²) in [6, 6.07) is 5.45. The van der Waals surface area contributed by atoms with Gasteiger partial charge in [-0.15, -0.1) is 0 Å². The van der Waals surface area contributed by atoms with Gasteiger partial charge in [-0.05, 0) is 50.5 Å². The first-order valence-corrected chi connectivity index (χ1v) is 8.98. The van der Waals surface area contributed by atoms with Gasteiger partial charge in [0.2, 0.25) is 5.95 Å². The fourth-order valence-electron chi connectivity index (χ4n) is 2.86. The summed E-state index contributed by atoms with van der Waals surface area (Å²) in [6.45, 7) is 4.11. The predicted molar refractivity (Wildman–Crippen MR) is 100 cm³/mol. The first-order valence-electron chi connectivity index (χ1n) is 8.61. The molecular weight excluding hydrogens is 357 g/mol. The first kappa shape index (κ1) is 18.4. The van der Waals surface area contributed by atoms with Gasteiger partial charge in [-0.3, -0.25) is 0 Å². The molecule has 1 saturated heterocycles. The Morgan fingerprint density at radius 1 is 1.23 bits per heavy atom. The fourth-order valence-corrected chi connectivity index (χ4v) is 3.04. The van der Waals surface area contributed by atoms with E-state index in [2.05, 4.69) is 25.5 Å². The van der Waals surface area contributed by atoms with Crippen molar-refractivity contribution < 1.29 is 9.18 Å². The average Bonchev–Trinajstić information content (AvgIpc) is 2.63. The number of aryl methyl sites for hydroxylation is 1. The zero-order valence-electron chi connectivity index (χ0n) is 14.6. The summed E-state index contributed by atoms with van der Waals surface area (Å²) in [5.74, 6) is 0.187. The maximum Gasteiger partial charge on any atom is 0.319 e. The molecule has 0 spiro atoms. The molecule has 1 fully saturated rings. The second-order valence-corrected chi connectivity index (χ2v) is 6.69. The second-order valence-electron chi connectivity index (χ2n) is 6.28. The van der Waals surface area contributed by atoms with Crippen molar-refractivity contribution in [3.05, 3.63) is 46.5 Å². The number of piperidine rings is 1. The molecule has 138 valence electrons. The smallest absolute Gasteiger partial charge is 0.319 e. The predicted octanol–water partition coefficient (Wildman–Crippen LogP) is 3.89. The van der Waals surface area contributed by atoms with Crippen molar-refractivity contribution in [1.29, 1.82) is 0 Å². The van der Waals surface area contributed by atoms with E-state index in [1.165, 1.54) is 24.6 Å². The number of hydrogen-bond donors (Lipinski definition) is 2. The molecule has 2 heterocycles. The van der Waals surface area contributed by atoms with Gasteiger partial charge in [0.05, 0.1) is 17.3 Å². The number of urea groups is 1. The van der Waals surface area contributed by atoms with Crippen LogP contribution in [0.2, 0.25) is 5.02 Å². The number of nitrogens with zero attached hydrogens (tertiary/aromatic N) is 3. The molecule has 1 aliphatic heterocycles. The highest BCUT2D eigenvalue weighted by Gasteiger charge is 2.15. The van der Waals surface area contributed by atoms with Crippen molar-refractivity contribution in [1.82, 2.24) is 15.3 Å². The van der Waals surface area contributed by atoms with Crippen LogP contribution >= 0.6 is 11.6 Å². The molecule has 6 nitrogen and oxygen atoms in total.